The molecule has 1 aliphatic rings. The van der Waals surface area contributed by atoms with Crippen LogP contribution in [0.1, 0.15) is 31.2 Å². The highest BCUT2D eigenvalue weighted by molar-refractivity contribution is 5.05. The number of rotatable bonds is 5. The van der Waals surface area contributed by atoms with E-state index in [9.17, 15) is 0 Å². The molecule has 18 heavy (non-hydrogen) atoms. The Labute approximate surface area is 108 Å². The van der Waals surface area contributed by atoms with Gasteiger partial charge in [-0.3, -0.25) is 4.90 Å². The van der Waals surface area contributed by atoms with Gasteiger partial charge in [-0.1, -0.05) is 12.1 Å². The standard InChI is InChI=1S/C13H23N3O2/c1-3-12-9-16(5-4-6-17-12)10-13-7-11(8-14-2)15-18-13/h7,12,14H,3-6,8-10H2,1-2H3. The molecular formula is C13H23N3O2. The molecule has 1 fully saturated rings. The Morgan fingerprint density at radius 3 is 3.22 bits per heavy atom. The molecule has 0 aromatic carbocycles. The molecule has 102 valence electrons. The first kappa shape index (κ1) is 13.5. The van der Waals surface area contributed by atoms with Gasteiger partial charge in [-0.25, -0.2) is 0 Å². The molecule has 1 atom stereocenters. The zero-order valence-electron chi connectivity index (χ0n) is 11.3. The Morgan fingerprint density at radius 1 is 1.56 bits per heavy atom. The average Bonchev–Trinajstić information content (AvgIpc) is 2.68. The zero-order valence-corrected chi connectivity index (χ0v) is 11.3. The number of ether oxygens (including phenoxy) is 1. The molecular weight excluding hydrogens is 230 g/mol. The first-order valence-electron chi connectivity index (χ1n) is 6.74. The van der Waals surface area contributed by atoms with Gasteiger partial charge in [0.15, 0.2) is 5.76 Å². The van der Waals surface area contributed by atoms with E-state index < -0.39 is 0 Å². The van der Waals surface area contributed by atoms with Crippen molar-refractivity contribution in [2.75, 3.05) is 26.7 Å². The van der Waals surface area contributed by atoms with Gasteiger partial charge in [0.2, 0.25) is 0 Å². The van der Waals surface area contributed by atoms with Crippen molar-refractivity contribution in [1.82, 2.24) is 15.4 Å². The molecule has 0 saturated carbocycles. The average molecular weight is 253 g/mol. The van der Waals surface area contributed by atoms with Crippen molar-refractivity contribution in [3.05, 3.63) is 17.5 Å². The number of nitrogens with zero attached hydrogens (tertiary/aromatic N) is 2. The van der Waals surface area contributed by atoms with Crippen LogP contribution in [0.2, 0.25) is 0 Å². The van der Waals surface area contributed by atoms with Gasteiger partial charge in [-0.2, -0.15) is 0 Å². The predicted octanol–water partition coefficient (Wildman–Crippen LogP) is 1.39. The molecule has 0 radical (unpaired) electrons. The number of aromatic nitrogens is 1. The lowest BCUT2D eigenvalue weighted by atomic mass is 10.2. The third kappa shape index (κ3) is 3.80. The predicted molar refractivity (Wildman–Crippen MR) is 69.2 cm³/mol. The van der Waals surface area contributed by atoms with Crippen LogP contribution in [0.5, 0.6) is 0 Å². The summed E-state index contributed by atoms with van der Waals surface area (Å²) in [6.07, 6.45) is 2.51. The van der Waals surface area contributed by atoms with Crippen molar-refractivity contribution in [3.8, 4) is 0 Å². The summed E-state index contributed by atoms with van der Waals surface area (Å²) in [6, 6.07) is 2.03. The topological polar surface area (TPSA) is 50.5 Å². The van der Waals surface area contributed by atoms with Crippen molar-refractivity contribution >= 4 is 0 Å². The van der Waals surface area contributed by atoms with Crippen molar-refractivity contribution in [2.45, 2.75) is 39.0 Å². The van der Waals surface area contributed by atoms with Crippen molar-refractivity contribution in [1.29, 1.82) is 0 Å². The minimum absolute atomic E-state index is 0.354. The third-order valence-corrected chi connectivity index (χ3v) is 3.23. The largest absolute Gasteiger partial charge is 0.377 e. The molecule has 1 saturated heterocycles. The highest BCUT2D eigenvalue weighted by Crippen LogP contribution is 2.13. The van der Waals surface area contributed by atoms with Crippen molar-refractivity contribution in [3.63, 3.8) is 0 Å². The first-order chi connectivity index (χ1) is 8.81. The van der Waals surface area contributed by atoms with Crippen LogP contribution in [-0.4, -0.2) is 42.9 Å². The SMILES string of the molecule is CCC1CN(Cc2cc(CNC)no2)CCCO1. The van der Waals surface area contributed by atoms with Crippen LogP contribution in [0.4, 0.5) is 0 Å². The summed E-state index contributed by atoms with van der Waals surface area (Å²) in [6.45, 7) is 6.68. The Balaban J connectivity index is 1.90. The van der Waals surface area contributed by atoms with E-state index in [0.29, 0.717) is 6.10 Å². The molecule has 5 nitrogen and oxygen atoms in total. The number of hydrogen-bond acceptors (Lipinski definition) is 5. The van der Waals surface area contributed by atoms with Crippen LogP contribution in [0.25, 0.3) is 0 Å². The van der Waals surface area contributed by atoms with E-state index in [-0.39, 0.29) is 0 Å². The molecule has 0 spiro atoms. The van der Waals surface area contributed by atoms with E-state index in [1.807, 2.05) is 13.1 Å². The molecule has 1 unspecified atom stereocenters. The first-order valence-corrected chi connectivity index (χ1v) is 6.74. The van der Waals surface area contributed by atoms with Crippen molar-refractivity contribution < 1.29 is 9.26 Å². The molecule has 0 aliphatic carbocycles. The summed E-state index contributed by atoms with van der Waals surface area (Å²) < 4.78 is 11.1. The summed E-state index contributed by atoms with van der Waals surface area (Å²) in [5.41, 5.74) is 0.964. The van der Waals surface area contributed by atoms with E-state index >= 15 is 0 Å². The molecule has 0 amide bonds. The van der Waals surface area contributed by atoms with Crippen LogP contribution in [0, 0.1) is 0 Å². The van der Waals surface area contributed by atoms with Crippen LogP contribution >= 0.6 is 0 Å². The molecule has 0 bridgehead atoms. The van der Waals surface area contributed by atoms with Crippen LogP contribution < -0.4 is 5.32 Å². The maximum absolute atomic E-state index is 5.77. The highest BCUT2D eigenvalue weighted by Gasteiger charge is 2.18. The fourth-order valence-electron chi connectivity index (χ4n) is 2.28. The lowest BCUT2D eigenvalue weighted by molar-refractivity contribution is 0.0499. The second-order valence-corrected chi connectivity index (χ2v) is 4.80. The Hall–Kier alpha value is -0.910. The normalized spacial score (nSPS) is 22.0. The number of nitrogens with one attached hydrogen (secondary N) is 1. The van der Waals surface area contributed by atoms with Gasteiger partial charge < -0.3 is 14.6 Å². The summed E-state index contributed by atoms with van der Waals surface area (Å²) in [5, 5.41) is 7.11. The quantitative estimate of drug-likeness (QED) is 0.859. The second-order valence-electron chi connectivity index (χ2n) is 4.80. The van der Waals surface area contributed by atoms with E-state index in [1.165, 1.54) is 0 Å². The van der Waals surface area contributed by atoms with Gasteiger partial charge in [0.05, 0.1) is 18.3 Å². The van der Waals surface area contributed by atoms with Crippen LogP contribution in [-0.2, 0) is 17.8 Å². The fourth-order valence-corrected chi connectivity index (χ4v) is 2.28. The van der Waals surface area contributed by atoms with E-state index in [2.05, 4.69) is 22.3 Å². The lowest BCUT2D eigenvalue weighted by Gasteiger charge is -2.21. The van der Waals surface area contributed by atoms with E-state index in [4.69, 9.17) is 9.26 Å². The molecule has 2 rings (SSSR count). The monoisotopic (exact) mass is 253 g/mol. The Bertz CT molecular complexity index is 354. The minimum atomic E-state index is 0.354. The van der Waals surface area contributed by atoms with E-state index in [1.54, 1.807) is 0 Å². The van der Waals surface area contributed by atoms with Crippen LogP contribution in [0.15, 0.2) is 10.6 Å². The summed E-state index contributed by atoms with van der Waals surface area (Å²) >= 11 is 0. The highest BCUT2D eigenvalue weighted by atomic mass is 16.5. The van der Waals surface area contributed by atoms with Gasteiger partial charge in [0.25, 0.3) is 0 Å². The minimum Gasteiger partial charge on any atom is -0.377 e. The number of hydrogen-bond donors (Lipinski definition) is 1. The van der Waals surface area contributed by atoms with Gasteiger partial charge >= 0.3 is 0 Å². The van der Waals surface area contributed by atoms with Gasteiger partial charge in [0, 0.05) is 32.3 Å². The lowest BCUT2D eigenvalue weighted by Crippen LogP contribution is -2.30. The molecule has 1 aliphatic heterocycles. The summed E-state index contributed by atoms with van der Waals surface area (Å²) in [4.78, 5) is 2.39. The maximum Gasteiger partial charge on any atom is 0.151 e. The summed E-state index contributed by atoms with van der Waals surface area (Å²) in [7, 11) is 1.91. The molecule has 1 aromatic rings. The third-order valence-electron chi connectivity index (χ3n) is 3.23. The second kappa shape index (κ2) is 6.87. The van der Waals surface area contributed by atoms with Crippen LogP contribution in [0.3, 0.4) is 0 Å². The molecule has 5 heteroatoms. The van der Waals surface area contributed by atoms with Crippen molar-refractivity contribution in [2.24, 2.45) is 0 Å². The molecule has 1 aromatic heterocycles. The molecule has 1 N–H and O–H groups in total. The van der Waals surface area contributed by atoms with Gasteiger partial charge in [-0.05, 0) is 19.9 Å². The smallest absolute Gasteiger partial charge is 0.151 e. The summed E-state index contributed by atoms with van der Waals surface area (Å²) in [5.74, 6) is 0.942. The molecule has 2 heterocycles. The van der Waals surface area contributed by atoms with Gasteiger partial charge in [0.1, 0.15) is 0 Å². The maximum atomic E-state index is 5.77. The zero-order chi connectivity index (χ0) is 12.8. The van der Waals surface area contributed by atoms with Gasteiger partial charge in [-0.15, -0.1) is 0 Å². The fraction of sp³-hybridized carbons (Fsp3) is 0.769. The Kier molecular flexibility index (Phi) is 5.16. The Morgan fingerprint density at radius 2 is 2.44 bits per heavy atom. The van der Waals surface area contributed by atoms with E-state index in [0.717, 1.165) is 57.1 Å².